The van der Waals surface area contributed by atoms with Crippen LogP contribution in [0.3, 0.4) is 0 Å². The highest BCUT2D eigenvalue weighted by Gasteiger charge is 2.23. The minimum Gasteiger partial charge on any atom is -0.480 e. The number of carbonyl (C=O) groups is 3. The highest BCUT2D eigenvalue weighted by Crippen LogP contribution is 2.26. The molecule has 186 valence electrons. The Balaban J connectivity index is 0.00000361. The third kappa shape index (κ3) is 5.54. The van der Waals surface area contributed by atoms with Crippen molar-refractivity contribution >= 4 is 74.6 Å². The fourth-order valence-electron chi connectivity index (χ4n) is 3.43. The normalized spacial score (nSPS) is 11.5. The molecule has 1 atom stereocenters. The van der Waals surface area contributed by atoms with Crippen LogP contribution in [0.25, 0.3) is 21.8 Å². The van der Waals surface area contributed by atoms with Crippen molar-refractivity contribution in [3.8, 4) is 0 Å². The molecule has 0 bridgehead atoms. The number of aromatic nitrogens is 2. The van der Waals surface area contributed by atoms with E-state index in [0.29, 0.717) is 31.9 Å². The van der Waals surface area contributed by atoms with Gasteiger partial charge in [-0.15, -0.1) is 0 Å². The van der Waals surface area contributed by atoms with E-state index in [4.69, 9.17) is 23.2 Å². The number of carboxylic acids is 3. The second-order valence-electron chi connectivity index (χ2n) is 7.47. The number of nitrogens with one attached hydrogen (secondary N) is 2. The molecule has 2 aromatic heterocycles. The first-order valence-corrected chi connectivity index (χ1v) is 10.8. The van der Waals surface area contributed by atoms with Crippen LogP contribution in [0.15, 0.2) is 48.5 Å². The van der Waals surface area contributed by atoms with E-state index in [1.807, 2.05) is 0 Å². The van der Waals surface area contributed by atoms with E-state index in [-0.39, 0.29) is 35.5 Å². The number of rotatable bonds is 8. The average molecular weight is 532 g/mol. The smallest absolute Gasteiger partial charge is 0.339 e. The van der Waals surface area contributed by atoms with Crippen LogP contribution < -0.4 is 16.8 Å². The van der Waals surface area contributed by atoms with Crippen molar-refractivity contribution in [2.45, 2.75) is 6.04 Å². The SMILES string of the molecule is N.O=C(O)c1cc2cc(Cl)ccc2nc1NCC(Nc1nc2ccc(Cl)cc2cc1C(=O)O)C(=O)O. The molecule has 2 aromatic carbocycles. The molecule has 0 fully saturated rings. The van der Waals surface area contributed by atoms with Crippen LogP contribution in [-0.4, -0.2) is 55.8 Å². The van der Waals surface area contributed by atoms with Gasteiger partial charge in [0.2, 0.25) is 0 Å². The molecule has 0 aliphatic heterocycles. The number of aliphatic carboxylic acids is 1. The van der Waals surface area contributed by atoms with Gasteiger partial charge in [0.25, 0.3) is 0 Å². The monoisotopic (exact) mass is 531 g/mol. The summed E-state index contributed by atoms with van der Waals surface area (Å²) in [6, 6.07) is 10.8. The molecule has 0 aliphatic carbocycles. The lowest BCUT2D eigenvalue weighted by atomic mass is 10.1. The Kier molecular flexibility index (Phi) is 7.78. The third-order valence-electron chi connectivity index (χ3n) is 5.10. The molecule has 36 heavy (non-hydrogen) atoms. The van der Waals surface area contributed by atoms with Crippen LogP contribution >= 0.6 is 23.2 Å². The molecule has 11 nitrogen and oxygen atoms in total. The summed E-state index contributed by atoms with van der Waals surface area (Å²) in [7, 11) is 0. The molecule has 0 saturated heterocycles. The summed E-state index contributed by atoms with van der Waals surface area (Å²) in [6.07, 6.45) is 0. The lowest BCUT2D eigenvalue weighted by Crippen LogP contribution is -2.37. The van der Waals surface area contributed by atoms with E-state index >= 15 is 0 Å². The number of halogens is 2. The Morgan fingerprint density at radius 3 is 1.72 bits per heavy atom. The van der Waals surface area contributed by atoms with Crippen molar-refractivity contribution in [3.05, 3.63) is 69.7 Å². The predicted molar refractivity (Wildman–Crippen MR) is 136 cm³/mol. The Morgan fingerprint density at radius 1 is 0.778 bits per heavy atom. The maximum absolute atomic E-state index is 11.9. The first-order valence-electron chi connectivity index (χ1n) is 10.0. The van der Waals surface area contributed by atoms with E-state index in [1.54, 1.807) is 36.4 Å². The first kappa shape index (κ1) is 26.4. The summed E-state index contributed by atoms with van der Waals surface area (Å²) in [5.41, 5.74) is 0.417. The van der Waals surface area contributed by atoms with Crippen molar-refractivity contribution < 1.29 is 29.7 Å². The number of benzene rings is 2. The number of carboxylic acid groups (broad SMARTS) is 3. The quantitative estimate of drug-likeness (QED) is 0.185. The van der Waals surface area contributed by atoms with Crippen LogP contribution in [-0.2, 0) is 4.79 Å². The van der Waals surface area contributed by atoms with Crippen LogP contribution in [0.2, 0.25) is 10.0 Å². The van der Waals surface area contributed by atoms with Crippen molar-refractivity contribution in [1.29, 1.82) is 0 Å². The number of hydrogen-bond acceptors (Lipinski definition) is 8. The second-order valence-corrected chi connectivity index (χ2v) is 8.34. The topological polar surface area (TPSA) is 197 Å². The molecule has 2 heterocycles. The molecule has 0 aliphatic rings. The Hall–Kier alpha value is -4.19. The molecule has 1 unspecified atom stereocenters. The average Bonchev–Trinajstić information content (AvgIpc) is 2.80. The van der Waals surface area contributed by atoms with Gasteiger partial charge < -0.3 is 32.1 Å². The summed E-state index contributed by atoms with van der Waals surface area (Å²) >= 11 is 11.9. The van der Waals surface area contributed by atoms with Gasteiger partial charge in [0, 0.05) is 27.4 Å². The summed E-state index contributed by atoms with van der Waals surface area (Å²) in [6.45, 7) is -0.332. The number of pyridine rings is 2. The van der Waals surface area contributed by atoms with Gasteiger partial charge >= 0.3 is 17.9 Å². The Bertz CT molecular complexity index is 1510. The van der Waals surface area contributed by atoms with Gasteiger partial charge in [0.05, 0.1) is 11.0 Å². The van der Waals surface area contributed by atoms with Gasteiger partial charge in [-0.3, -0.25) is 0 Å². The molecule has 0 amide bonds. The first-order chi connectivity index (χ1) is 16.6. The van der Waals surface area contributed by atoms with Crippen LogP contribution in [0.1, 0.15) is 20.7 Å². The number of nitrogens with zero attached hydrogens (tertiary/aromatic N) is 2. The van der Waals surface area contributed by atoms with E-state index < -0.39 is 23.9 Å². The van der Waals surface area contributed by atoms with E-state index in [2.05, 4.69) is 20.6 Å². The van der Waals surface area contributed by atoms with Crippen LogP contribution in [0.5, 0.6) is 0 Å². The number of aromatic carboxylic acids is 2. The molecule has 0 radical (unpaired) electrons. The van der Waals surface area contributed by atoms with Crippen molar-refractivity contribution in [3.63, 3.8) is 0 Å². The molecule has 4 aromatic rings. The van der Waals surface area contributed by atoms with E-state index in [9.17, 15) is 29.7 Å². The minimum atomic E-state index is -1.38. The van der Waals surface area contributed by atoms with Gasteiger partial charge in [-0.2, -0.15) is 0 Å². The molecule has 13 heteroatoms. The fraction of sp³-hybridized carbons (Fsp3) is 0.0870. The molecule has 4 rings (SSSR count). The highest BCUT2D eigenvalue weighted by molar-refractivity contribution is 6.31. The van der Waals surface area contributed by atoms with Crippen LogP contribution in [0, 0.1) is 0 Å². The summed E-state index contributed by atoms with van der Waals surface area (Å²) in [5, 5.41) is 36.1. The fourth-order valence-corrected chi connectivity index (χ4v) is 3.79. The highest BCUT2D eigenvalue weighted by atomic mass is 35.5. The minimum absolute atomic E-state index is 0. The Morgan fingerprint density at radius 2 is 1.25 bits per heavy atom. The van der Waals surface area contributed by atoms with Crippen molar-refractivity contribution in [2.75, 3.05) is 17.2 Å². The number of fused-ring (bicyclic) bond motifs is 2. The Labute approximate surface area is 213 Å². The van der Waals surface area contributed by atoms with Gasteiger partial charge in [0.1, 0.15) is 28.8 Å². The van der Waals surface area contributed by atoms with Gasteiger partial charge in [0.15, 0.2) is 0 Å². The summed E-state index contributed by atoms with van der Waals surface area (Å²) in [4.78, 5) is 44.0. The zero-order chi connectivity index (χ0) is 25.3. The lowest BCUT2D eigenvalue weighted by Gasteiger charge is -2.19. The van der Waals surface area contributed by atoms with Gasteiger partial charge in [-0.1, -0.05) is 23.2 Å². The summed E-state index contributed by atoms with van der Waals surface area (Å²) in [5.74, 6) is -4.14. The standard InChI is InChI=1S/C23H16Cl2N4O6.H3N/c24-12-1-3-16-10(5-12)7-14(21(30)31)19(27-16)26-9-18(23(34)35)29-20-15(22(32)33)8-11-6-13(25)2-4-17(11)28-20;/h1-8,18H,9H2,(H,26,27)(H,28,29)(H,30,31)(H,32,33)(H,34,35);1H3. The van der Waals surface area contributed by atoms with E-state index in [1.165, 1.54) is 12.1 Å². The molecule has 8 N–H and O–H groups in total. The number of anilines is 2. The number of hydrogen-bond donors (Lipinski definition) is 6. The maximum Gasteiger partial charge on any atom is 0.339 e. The van der Waals surface area contributed by atoms with E-state index in [0.717, 1.165) is 0 Å². The molecule has 0 saturated carbocycles. The van der Waals surface area contributed by atoms with Crippen LogP contribution in [0.4, 0.5) is 11.6 Å². The zero-order valence-electron chi connectivity index (χ0n) is 18.3. The van der Waals surface area contributed by atoms with Gasteiger partial charge in [-0.25, -0.2) is 24.4 Å². The second kappa shape index (κ2) is 10.6. The maximum atomic E-state index is 11.9. The largest absolute Gasteiger partial charge is 0.480 e. The summed E-state index contributed by atoms with van der Waals surface area (Å²) < 4.78 is 0. The molecular weight excluding hydrogens is 513 g/mol. The lowest BCUT2D eigenvalue weighted by molar-refractivity contribution is -0.137. The van der Waals surface area contributed by atoms with Crippen molar-refractivity contribution in [1.82, 2.24) is 16.1 Å². The molecular formula is C23H19Cl2N5O6. The predicted octanol–water partition coefficient (Wildman–Crippen LogP) is 4.63. The molecule has 0 spiro atoms. The van der Waals surface area contributed by atoms with Crippen molar-refractivity contribution in [2.24, 2.45) is 0 Å². The van der Waals surface area contributed by atoms with Gasteiger partial charge in [-0.05, 0) is 48.5 Å². The third-order valence-corrected chi connectivity index (χ3v) is 5.57. The zero-order valence-corrected chi connectivity index (χ0v) is 19.8.